The van der Waals surface area contributed by atoms with E-state index in [1.165, 1.54) is 11.1 Å². The highest BCUT2D eigenvalue weighted by molar-refractivity contribution is 8.29. The Bertz CT molecular complexity index is 1280. The van der Waals surface area contributed by atoms with Crippen LogP contribution in [0, 0.1) is 0 Å². The second-order valence-electron chi connectivity index (χ2n) is 21.5. The molecule has 54 heavy (non-hydrogen) atoms. The van der Waals surface area contributed by atoms with Crippen LogP contribution in [0.1, 0.15) is 11.1 Å². The van der Waals surface area contributed by atoms with Crippen LogP contribution in [0.5, 0.6) is 0 Å². The minimum absolute atomic E-state index is 0.437. The predicted octanol–water partition coefficient (Wildman–Crippen LogP) is -23.9. The molecule has 0 radical (unpaired) electrons. The first kappa shape index (κ1) is 50.7. The Morgan fingerprint density at radius 3 is 0.852 bits per heavy atom. The third kappa shape index (κ3) is 13.3. The highest BCUT2D eigenvalue weighted by atomic mass is 14.6. The molecule has 2 rings (SSSR count). The molecule has 2 aromatic rings. The van der Waals surface area contributed by atoms with Crippen molar-refractivity contribution in [2.75, 3.05) is 11.5 Å². The molecule has 0 heterocycles. The summed E-state index contributed by atoms with van der Waals surface area (Å²) in [5.41, 5.74) is 18.1. The Morgan fingerprint density at radius 1 is 0.315 bits per heavy atom. The first-order chi connectivity index (χ1) is 24.9. The van der Waals surface area contributed by atoms with E-state index in [9.17, 15) is 0 Å². The van der Waals surface area contributed by atoms with Crippen molar-refractivity contribution in [1.29, 1.82) is 0 Å². The number of benzene rings is 2. The molecule has 0 fully saturated rings. The molecule has 4 N–H and O–H groups in total. The topological polar surface area (TPSA) is 52.0 Å². The van der Waals surface area contributed by atoms with Gasteiger partial charge in [0.05, 0.1) is 161 Å². The second-order valence-corrected chi connectivity index (χ2v) is 21.5. The molecule has 0 spiro atoms. The number of hydrogen-bond donors (Lipinski definition) is 2. The van der Waals surface area contributed by atoms with Crippen LogP contribution in [-0.2, 0) is 6.42 Å². The lowest BCUT2D eigenvalue weighted by molar-refractivity contribution is 1.20. The van der Waals surface area contributed by atoms with Gasteiger partial charge in [-0.3, -0.25) is 0 Å². The second kappa shape index (κ2) is 22.8. The standard InChI is InChI=1S/C13H53B39N2/c14-35(15)47(36(16)17)45(48(37(18)19)38(20)21)34(11-3-1-9(2-4-11)5-10-6-12(53)8-13(54)7-10)46(49(39(22)23)40(24)25)52(50(41(26)27)42(28)29)51(43(30)31)44(32)33/h1-4,6-8H,5,14-33,53-54H2. The van der Waals surface area contributed by atoms with E-state index < -0.39 is 0 Å². The van der Waals surface area contributed by atoms with Gasteiger partial charge in [0, 0.05) is 126 Å². The monoisotopic (exact) mass is 667 g/mol. The molecule has 0 atom stereocenters. The third-order valence-corrected chi connectivity index (χ3v) is 14.0. The normalized spacial score (nSPS) is 10.1. The summed E-state index contributed by atoms with van der Waals surface area (Å²) in [7, 11) is 50.9. The fourth-order valence-electron chi connectivity index (χ4n) is 13.2. The number of anilines is 2. The summed E-state index contributed by atoms with van der Waals surface area (Å²) in [6.45, 7) is 0.437. The molecule has 0 amide bonds. The molecule has 232 valence electrons. The summed E-state index contributed by atoms with van der Waals surface area (Å²) < 4.78 is 0. The fourth-order valence-corrected chi connectivity index (χ4v) is 13.2. The van der Waals surface area contributed by atoms with Crippen molar-refractivity contribution in [2.45, 2.75) is 6.42 Å². The molecule has 0 aromatic heterocycles. The molecule has 0 unspecified atom stereocenters. The summed E-state index contributed by atoms with van der Waals surface area (Å²) >= 11 is 0. The van der Waals surface area contributed by atoms with Crippen LogP contribution in [0.15, 0.2) is 42.5 Å². The highest BCUT2D eigenvalue weighted by Gasteiger charge is 2.58. The average Bonchev–Trinajstić information content (AvgIpc) is 2.98. The summed E-state index contributed by atoms with van der Waals surface area (Å²) in [5.74, 6) is 0. The summed E-state index contributed by atoms with van der Waals surface area (Å²) in [4.78, 5) is 0. The summed E-state index contributed by atoms with van der Waals surface area (Å²) in [6.07, 6.45) is 11.6. The lowest BCUT2D eigenvalue weighted by atomic mass is 8.30. The summed E-state index contributed by atoms with van der Waals surface area (Å²) in [6, 6.07) is 16.1. The smallest absolute Gasteiger partial charge is 0.0804 e. The number of nitrogens with two attached hydrogens (primary N) is 2. The first-order valence-corrected chi connectivity index (χ1v) is 22.7. The van der Waals surface area contributed by atoms with Crippen molar-refractivity contribution in [3.8, 4) is 0 Å². The zero-order valence-electron chi connectivity index (χ0n) is 39.4. The maximum Gasteiger partial charge on any atom is 0.0804 e. The SMILES string of the molecule is BB(B)B(B(B)B)B(B(B(B)B)B(B)B)B(B(B(B)B)B(B)B)B(B(B(B(B)B)B(B)B)B(B(B)B)B(B)B)c1ccc(Cc2cc(N)cc(N)c2)cc1. The van der Waals surface area contributed by atoms with Crippen molar-refractivity contribution in [2.24, 2.45) is 0 Å². The van der Waals surface area contributed by atoms with Crippen molar-refractivity contribution in [1.82, 2.24) is 0 Å². The molecule has 0 saturated carbocycles. The van der Waals surface area contributed by atoms with Crippen LogP contribution in [0.25, 0.3) is 0 Å². The molecule has 2 nitrogen and oxygen atoms in total. The number of nitrogen functional groups attached to an aromatic ring is 2. The first-order valence-electron chi connectivity index (χ1n) is 22.7. The van der Waals surface area contributed by atoms with E-state index in [1.807, 2.05) is 6.07 Å². The van der Waals surface area contributed by atoms with Gasteiger partial charge in [-0.05, 0) is 35.7 Å². The van der Waals surface area contributed by atoms with E-state index in [2.05, 4.69) is 191 Å². The van der Waals surface area contributed by atoms with Gasteiger partial charge in [0.15, 0.2) is 0 Å². The van der Waals surface area contributed by atoms with Crippen LogP contribution in [0.4, 0.5) is 11.4 Å². The predicted molar refractivity (Wildman–Crippen MR) is 344 cm³/mol. The molecule has 0 aliphatic rings. The van der Waals surface area contributed by atoms with E-state index in [4.69, 9.17) is 11.5 Å². The highest BCUT2D eigenvalue weighted by Crippen LogP contribution is 2.21. The van der Waals surface area contributed by atoms with Gasteiger partial charge in [-0.1, -0.05) is 29.7 Å². The van der Waals surface area contributed by atoms with E-state index in [0.29, 0.717) is 121 Å². The minimum Gasteiger partial charge on any atom is -0.399 e. The molecule has 41 heteroatoms. The van der Waals surface area contributed by atoms with Crippen LogP contribution >= 0.6 is 0 Å². The molecular weight excluding hydrogens is 606 g/mol. The van der Waals surface area contributed by atoms with Crippen molar-refractivity contribution >= 4 is 293 Å². The van der Waals surface area contributed by atoms with Crippen molar-refractivity contribution in [3.63, 3.8) is 0 Å². The molecule has 2 aromatic carbocycles. The Labute approximate surface area is 362 Å². The molecule has 0 bridgehead atoms. The van der Waals surface area contributed by atoms with Crippen molar-refractivity contribution in [3.05, 3.63) is 53.6 Å². The van der Waals surface area contributed by atoms with Gasteiger partial charge in [0.1, 0.15) is 0 Å². The third-order valence-electron chi connectivity index (χ3n) is 14.0. The van der Waals surface area contributed by atoms with Crippen LogP contribution in [0.3, 0.4) is 0 Å². The van der Waals surface area contributed by atoms with Gasteiger partial charge in [0.25, 0.3) is 0 Å². The lowest BCUT2D eigenvalue weighted by Gasteiger charge is -2.52. The lowest BCUT2D eigenvalue weighted by Crippen LogP contribution is -2.92. The van der Waals surface area contributed by atoms with Crippen molar-refractivity contribution < 1.29 is 0 Å². The van der Waals surface area contributed by atoms with E-state index in [0.717, 1.165) is 17.8 Å². The summed E-state index contributed by atoms with van der Waals surface area (Å²) in [5, 5.41) is 0. The van der Waals surface area contributed by atoms with Gasteiger partial charge >= 0.3 is 0 Å². The Balaban J connectivity index is 3.31. The van der Waals surface area contributed by atoms with E-state index in [-0.39, 0.29) is 0 Å². The van der Waals surface area contributed by atoms with Gasteiger partial charge < -0.3 is 11.5 Å². The number of rotatable bonds is 21. The van der Waals surface area contributed by atoms with E-state index in [1.54, 1.807) is 5.46 Å². The van der Waals surface area contributed by atoms with Crippen LogP contribution < -0.4 is 16.9 Å². The molecule has 0 aliphatic carbocycles. The molecular formula is C13H53B39N2. The zero-order chi connectivity index (χ0) is 41.5. The zero-order valence-corrected chi connectivity index (χ0v) is 39.4. The van der Waals surface area contributed by atoms with Gasteiger partial charge in [0.2, 0.25) is 0 Å². The fraction of sp³-hybridized carbons (Fsp3) is 0.0769. The largest absolute Gasteiger partial charge is 0.399 e. The maximum atomic E-state index is 6.26. The van der Waals surface area contributed by atoms with E-state index >= 15 is 0 Å². The number of hydrogen-bond acceptors (Lipinski definition) is 2. The molecule has 0 saturated heterocycles. The Morgan fingerprint density at radius 2 is 0.574 bits per heavy atom. The van der Waals surface area contributed by atoms with Gasteiger partial charge in [-0.2, -0.15) is 0 Å². The van der Waals surface area contributed by atoms with Gasteiger partial charge in [-0.15, -0.1) is 0 Å². The van der Waals surface area contributed by atoms with Gasteiger partial charge in [-0.25, -0.2) is 0 Å². The molecule has 0 aliphatic heterocycles. The maximum absolute atomic E-state index is 6.26. The Kier molecular flexibility index (Phi) is 21.4. The van der Waals surface area contributed by atoms with Crippen LogP contribution in [-0.4, -0.2) is 276 Å². The minimum atomic E-state index is 0.437. The Hall–Kier alpha value is 0.572. The van der Waals surface area contributed by atoms with Crippen LogP contribution in [0.2, 0.25) is 0 Å². The quantitative estimate of drug-likeness (QED) is 0.104. The average molecular weight is 659 g/mol.